The standard InChI is InChI=1S/C14H18NOS/c1-4-9-16-12-7-5-11(6-8-12)13-15-14(2,3)10-17-13/h5-8H,1,4,9-10H2,2-3H3. The molecule has 2 rings (SSSR count). The van der Waals surface area contributed by atoms with Gasteiger partial charge in [0.05, 0.1) is 17.2 Å². The Bertz CT molecular complexity index is 409. The first-order valence-electron chi connectivity index (χ1n) is 5.86. The van der Waals surface area contributed by atoms with Crippen LogP contribution in [0.4, 0.5) is 0 Å². The highest BCUT2D eigenvalue weighted by molar-refractivity contribution is 8.14. The van der Waals surface area contributed by atoms with Gasteiger partial charge in [-0.2, -0.15) is 0 Å². The molecule has 2 nitrogen and oxygen atoms in total. The van der Waals surface area contributed by atoms with Crippen molar-refractivity contribution in [3.05, 3.63) is 36.8 Å². The molecule has 0 N–H and O–H groups in total. The molecule has 0 saturated heterocycles. The van der Waals surface area contributed by atoms with E-state index in [0.29, 0.717) is 6.61 Å². The average Bonchev–Trinajstić information content (AvgIpc) is 2.68. The summed E-state index contributed by atoms with van der Waals surface area (Å²) in [4.78, 5) is 4.71. The van der Waals surface area contributed by atoms with Crippen molar-refractivity contribution >= 4 is 16.8 Å². The molecule has 0 unspecified atom stereocenters. The predicted molar refractivity (Wildman–Crippen MR) is 75.0 cm³/mol. The Kier molecular flexibility index (Phi) is 3.77. The molecular weight excluding hydrogens is 230 g/mol. The lowest BCUT2D eigenvalue weighted by molar-refractivity contribution is 0.324. The quantitative estimate of drug-likeness (QED) is 0.812. The van der Waals surface area contributed by atoms with Crippen molar-refractivity contribution in [1.29, 1.82) is 0 Å². The van der Waals surface area contributed by atoms with Crippen LogP contribution in [-0.2, 0) is 0 Å². The molecule has 0 fully saturated rings. The zero-order chi connectivity index (χ0) is 12.3. The van der Waals surface area contributed by atoms with E-state index in [1.165, 1.54) is 5.56 Å². The maximum atomic E-state index is 5.50. The van der Waals surface area contributed by atoms with Crippen LogP contribution in [0.2, 0.25) is 0 Å². The van der Waals surface area contributed by atoms with Gasteiger partial charge in [0.15, 0.2) is 0 Å². The highest BCUT2D eigenvalue weighted by Crippen LogP contribution is 2.30. The molecule has 1 aliphatic heterocycles. The summed E-state index contributed by atoms with van der Waals surface area (Å²) in [5.74, 6) is 1.96. The Morgan fingerprint density at radius 1 is 1.35 bits per heavy atom. The van der Waals surface area contributed by atoms with Crippen LogP contribution >= 0.6 is 11.8 Å². The summed E-state index contributed by atoms with van der Waals surface area (Å²) in [5.41, 5.74) is 1.26. The average molecular weight is 248 g/mol. The van der Waals surface area contributed by atoms with E-state index >= 15 is 0 Å². The van der Waals surface area contributed by atoms with Gasteiger partial charge in [0, 0.05) is 11.3 Å². The summed E-state index contributed by atoms with van der Waals surface area (Å²) < 4.78 is 5.50. The monoisotopic (exact) mass is 248 g/mol. The van der Waals surface area contributed by atoms with Gasteiger partial charge in [-0.25, -0.2) is 0 Å². The molecule has 3 heteroatoms. The first-order chi connectivity index (χ1) is 8.11. The lowest BCUT2D eigenvalue weighted by atomic mass is 10.1. The summed E-state index contributed by atoms with van der Waals surface area (Å²) in [5, 5.41) is 1.14. The molecule has 91 valence electrons. The first kappa shape index (κ1) is 12.5. The number of ether oxygens (including phenoxy) is 1. The molecule has 0 spiro atoms. The van der Waals surface area contributed by atoms with Gasteiger partial charge in [0.2, 0.25) is 0 Å². The van der Waals surface area contributed by atoms with Gasteiger partial charge in [-0.3, -0.25) is 4.99 Å². The van der Waals surface area contributed by atoms with Crippen LogP contribution in [0.3, 0.4) is 0 Å². The van der Waals surface area contributed by atoms with Gasteiger partial charge in [-0.1, -0.05) is 0 Å². The maximum absolute atomic E-state index is 5.50. The number of hydrogen-bond acceptors (Lipinski definition) is 3. The second kappa shape index (κ2) is 5.13. The van der Waals surface area contributed by atoms with Crippen molar-refractivity contribution in [2.75, 3.05) is 12.4 Å². The molecule has 1 aromatic carbocycles. The fourth-order valence-electron chi connectivity index (χ4n) is 1.62. The third-order valence-electron chi connectivity index (χ3n) is 2.48. The van der Waals surface area contributed by atoms with E-state index in [4.69, 9.17) is 9.73 Å². The molecule has 0 atom stereocenters. The summed E-state index contributed by atoms with van der Waals surface area (Å²) in [6.45, 7) is 8.75. The molecule has 1 radical (unpaired) electrons. The van der Waals surface area contributed by atoms with Gasteiger partial charge >= 0.3 is 0 Å². The van der Waals surface area contributed by atoms with Crippen molar-refractivity contribution < 1.29 is 4.74 Å². The van der Waals surface area contributed by atoms with Gasteiger partial charge in [0.25, 0.3) is 0 Å². The Hall–Kier alpha value is -0.960. The Labute approximate surface area is 107 Å². The van der Waals surface area contributed by atoms with Gasteiger partial charge in [0.1, 0.15) is 5.75 Å². The first-order valence-corrected chi connectivity index (χ1v) is 6.84. The van der Waals surface area contributed by atoms with Crippen molar-refractivity contribution in [1.82, 2.24) is 0 Å². The topological polar surface area (TPSA) is 21.6 Å². The minimum atomic E-state index is 0.0725. The third-order valence-corrected chi connectivity index (χ3v) is 3.93. The molecular formula is C14H18NOS. The minimum absolute atomic E-state index is 0.0725. The second-order valence-corrected chi connectivity index (χ2v) is 5.71. The lowest BCUT2D eigenvalue weighted by Crippen LogP contribution is -2.15. The van der Waals surface area contributed by atoms with E-state index in [0.717, 1.165) is 23.0 Å². The van der Waals surface area contributed by atoms with Gasteiger partial charge < -0.3 is 4.74 Å². The third kappa shape index (κ3) is 3.25. The molecule has 1 aliphatic rings. The number of hydrogen-bond donors (Lipinski definition) is 0. The van der Waals surface area contributed by atoms with Crippen LogP contribution in [-0.4, -0.2) is 22.9 Å². The van der Waals surface area contributed by atoms with Crippen molar-refractivity contribution in [3.8, 4) is 5.75 Å². The summed E-state index contributed by atoms with van der Waals surface area (Å²) in [6.07, 6.45) is 0.790. The van der Waals surface area contributed by atoms with Crippen LogP contribution in [0.25, 0.3) is 0 Å². The fourth-order valence-corrected chi connectivity index (χ4v) is 2.78. The molecule has 1 heterocycles. The highest BCUT2D eigenvalue weighted by atomic mass is 32.2. The minimum Gasteiger partial charge on any atom is -0.494 e. The van der Waals surface area contributed by atoms with Crippen LogP contribution in [0.5, 0.6) is 5.75 Å². The van der Waals surface area contributed by atoms with E-state index in [2.05, 4.69) is 32.9 Å². The van der Waals surface area contributed by atoms with Crippen LogP contribution < -0.4 is 4.74 Å². The molecule has 0 amide bonds. The van der Waals surface area contributed by atoms with E-state index < -0.39 is 0 Å². The van der Waals surface area contributed by atoms with Crippen LogP contribution in [0.15, 0.2) is 29.3 Å². The van der Waals surface area contributed by atoms with E-state index in [1.54, 1.807) is 0 Å². The zero-order valence-electron chi connectivity index (χ0n) is 10.4. The summed E-state index contributed by atoms with van der Waals surface area (Å²) in [6, 6.07) is 8.15. The predicted octanol–water partition coefficient (Wildman–Crippen LogP) is 3.56. The molecule has 0 aromatic heterocycles. The zero-order valence-corrected chi connectivity index (χ0v) is 11.2. The van der Waals surface area contributed by atoms with E-state index in [-0.39, 0.29) is 5.54 Å². The van der Waals surface area contributed by atoms with Crippen molar-refractivity contribution in [2.24, 2.45) is 4.99 Å². The van der Waals surface area contributed by atoms with Gasteiger partial charge in [-0.15, -0.1) is 11.8 Å². The molecule has 0 bridgehead atoms. The number of aliphatic imine (C=N–C) groups is 1. The molecule has 1 aromatic rings. The highest BCUT2D eigenvalue weighted by Gasteiger charge is 2.25. The van der Waals surface area contributed by atoms with E-state index in [1.807, 2.05) is 23.9 Å². The Morgan fingerprint density at radius 3 is 2.59 bits per heavy atom. The second-order valence-electron chi connectivity index (χ2n) is 4.74. The lowest BCUT2D eigenvalue weighted by Gasteiger charge is -2.09. The Morgan fingerprint density at radius 2 is 2.06 bits per heavy atom. The number of benzene rings is 1. The SMILES string of the molecule is [CH2]CCOc1ccc(C2=NC(C)(C)CS2)cc1. The smallest absolute Gasteiger partial charge is 0.119 e. The summed E-state index contributed by atoms with van der Waals surface area (Å²) in [7, 11) is 0. The van der Waals surface area contributed by atoms with Crippen molar-refractivity contribution in [3.63, 3.8) is 0 Å². The maximum Gasteiger partial charge on any atom is 0.119 e. The Balaban J connectivity index is 2.08. The van der Waals surface area contributed by atoms with Crippen LogP contribution in [0, 0.1) is 6.92 Å². The number of nitrogens with zero attached hydrogens (tertiary/aromatic N) is 1. The normalized spacial score (nSPS) is 17.9. The number of thioether (sulfide) groups is 1. The number of rotatable bonds is 4. The summed E-state index contributed by atoms with van der Waals surface area (Å²) >= 11 is 1.83. The van der Waals surface area contributed by atoms with E-state index in [9.17, 15) is 0 Å². The molecule has 17 heavy (non-hydrogen) atoms. The van der Waals surface area contributed by atoms with Gasteiger partial charge in [-0.05, 0) is 51.5 Å². The molecule has 0 saturated carbocycles. The molecule has 0 aliphatic carbocycles. The largest absolute Gasteiger partial charge is 0.494 e. The van der Waals surface area contributed by atoms with Crippen molar-refractivity contribution in [2.45, 2.75) is 25.8 Å². The van der Waals surface area contributed by atoms with Crippen LogP contribution in [0.1, 0.15) is 25.8 Å². The fraction of sp³-hybridized carbons (Fsp3) is 0.429.